The number of Topliss-reactive ketones (excluding diaryl/α,β-unsaturated/α-hetero) is 3. The second-order valence-electron chi connectivity index (χ2n) is 19.9. The summed E-state index contributed by atoms with van der Waals surface area (Å²) in [5, 5.41) is 8.05. The van der Waals surface area contributed by atoms with Gasteiger partial charge in [-0.1, -0.05) is 197 Å². The molecule has 450 valence electrons. The number of rotatable bonds is 40. The quantitative estimate of drug-likeness (QED) is 0.0227. The van der Waals surface area contributed by atoms with Crippen LogP contribution >= 0.6 is 64.8 Å². The molecule has 0 aromatic heterocycles. The van der Waals surface area contributed by atoms with Gasteiger partial charge in [-0.25, -0.2) is 0 Å². The number of carbonyl (C=O) groups is 6. The number of ether oxygens (including phenoxy) is 6. The lowest BCUT2D eigenvalue weighted by Gasteiger charge is -2.23. The Labute approximate surface area is 495 Å². The Balaban J connectivity index is -0.00000108. The number of hydrogen-bond donors (Lipinski definition) is 3. The Morgan fingerprint density at radius 3 is 1.15 bits per heavy atom. The smallest absolute Gasteiger partial charge is 0.246 e. The standard InChI is InChI=1S/C20H35NO4S2.C19H33NO4S2.C18H31NO4S2/c1-15(2)8-7-10-21-19(23)14-24-11-12-25-20(17(5)6)27-26-13-9-18(22)16(3)4;1-15(2)8-7-10-20-18(22)14-23-11-12-24-19(5,6)26-25-13-9-17(21)16(3)4;1-14(2)7-6-9-19-18(21)13-22-10-11-23-16(5)25-24-12-8-17(20)15(3)4/h15-17,20H,9-14H2,1-6H3,(H,21,23);15-16H,9-14H2,1-6H3,(H,20,22);14-16H,8-13H2,1-5H3,(H,19,21). The maximum absolute atomic E-state index is 11.6. The lowest BCUT2D eigenvalue weighted by molar-refractivity contribution is -0.126. The molecule has 3 amide bonds. The summed E-state index contributed by atoms with van der Waals surface area (Å²) < 4.78 is 33.1. The topological polar surface area (TPSA) is 194 Å². The third kappa shape index (κ3) is 58.6. The number of ketones is 3. The van der Waals surface area contributed by atoms with E-state index in [2.05, 4.69) is 65.3 Å². The summed E-state index contributed by atoms with van der Waals surface area (Å²) in [6.45, 7) is 37.1. The van der Waals surface area contributed by atoms with Crippen molar-refractivity contribution in [2.75, 3.05) is 96.4 Å². The van der Waals surface area contributed by atoms with Crippen LogP contribution in [0.5, 0.6) is 0 Å². The first-order chi connectivity index (χ1) is 36.7. The van der Waals surface area contributed by atoms with E-state index in [1.165, 1.54) is 0 Å². The molecule has 0 spiro atoms. The van der Waals surface area contributed by atoms with Crippen LogP contribution in [0.3, 0.4) is 0 Å². The molecular weight excluding hydrogens is 1110 g/mol. The molecule has 0 aliphatic carbocycles. The van der Waals surface area contributed by atoms with Gasteiger partial charge in [-0.15, -0.1) is 0 Å². The Bertz CT molecular complexity index is 1820. The number of amides is 3. The molecule has 0 saturated heterocycles. The van der Waals surface area contributed by atoms with Crippen molar-refractivity contribution in [1.29, 1.82) is 0 Å². The van der Waals surface area contributed by atoms with Crippen molar-refractivity contribution in [2.45, 2.75) is 153 Å². The fraction of sp³-hybridized carbons (Fsp3) is 0.789. The van der Waals surface area contributed by atoms with Crippen molar-refractivity contribution in [2.24, 2.45) is 41.4 Å². The van der Waals surface area contributed by atoms with Crippen molar-refractivity contribution < 1.29 is 57.2 Å². The minimum absolute atomic E-state index is 0.00630. The van der Waals surface area contributed by atoms with Gasteiger partial charge in [0, 0.05) is 72.0 Å². The second kappa shape index (κ2) is 53.0. The Morgan fingerprint density at radius 2 is 0.795 bits per heavy atom. The zero-order chi connectivity index (χ0) is 59.7. The average Bonchev–Trinajstić information content (AvgIpc) is 3.35. The van der Waals surface area contributed by atoms with E-state index in [1.54, 1.807) is 64.8 Å². The molecule has 0 aliphatic rings. The Morgan fingerprint density at radius 1 is 0.449 bits per heavy atom. The molecule has 0 fully saturated rings. The summed E-state index contributed by atoms with van der Waals surface area (Å²) >= 11 is 0. The highest BCUT2D eigenvalue weighted by atomic mass is 33.1. The maximum atomic E-state index is 11.6. The van der Waals surface area contributed by atoms with Crippen molar-refractivity contribution in [3.8, 4) is 35.5 Å². The molecule has 2 atom stereocenters. The molecule has 0 aromatic carbocycles. The van der Waals surface area contributed by atoms with Gasteiger partial charge >= 0.3 is 0 Å². The minimum atomic E-state index is -0.371. The van der Waals surface area contributed by atoms with Crippen LogP contribution < -0.4 is 16.0 Å². The predicted octanol–water partition coefficient (Wildman–Crippen LogP) is 10.4. The predicted molar refractivity (Wildman–Crippen MR) is 333 cm³/mol. The maximum Gasteiger partial charge on any atom is 0.246 e. The molecule has 0 bridgehead atoms. The van der Waals surface area contributed by atoms with E-state index in [4.69, 9.17) is 28.4 Å². The van der Waals surface area contributed by atoms with Gasteiger partial charge in [0.25, 0.3) is 0 Å². The largest absolute Gasteiger partial charge is 0.369 e. The molecule has 0 aromatic rings. The molecule has 3 N–H and O–H groups in total. The van der Waals surface area contributed by atoms with Gasteiger partial charge < -0.3 is 44.4 Å². The summed E-state index contributed by atoms with van der Waals surface area (Å²) in [6.07, 6.45) is 1.78. The summed E-state index contributed by atoms with van der Waals surface area (Å²) in [5.74, 6) is 21.9. The Hall–Kier alpha value is -2.04. The van der Waals surface area contributed by atoms with E-state index in [0.29, 0.717) is 120 Å². The van der Waals surface area contributed by atoms with Crippen LogP contribution in [0.25, 0.3) is 0 Å². The zero-order valence-corrected chi connectivity index (χ0v) is 55.2. The molecule has 21 heteroatoms. The minimum Gasteiger partial charge on any atom is -0.369 e. The molecule has 0 radical (unpaired) electrons. The third-order valence-corrected chi connectivity index (χ3v) is 17.7. The summed E-state index contributed by atoms with van der Waals surface area (Å²) in [5.41, 5.74) is 0.0516. The van der Waals surface area contributed by atoms with Gasteiger partial charge in [-0.2, -0.15) is 0 Å². The van der Waals surface area contributed by atoms with Crippen LogP contribution in [0.15, 0.2) is 0 Å². The van der Waals surface area contributed by atoms with Crippen molar-refractivity contribution in [1.82, 2.24) is 16.0 Å². The van der Waals surface area contributed by atoms with Crippen LogP contribution in [0.4, 0.5) is 0 Å². The van der Waals surface area contributed by atoms with E-state index in [1.807, 2.05) is 104 Å². The zero-order valence-electron chi connectivity index (χ0n) is 50.3. The first-order valence-electron chi connectivity index (χ1n) is 27.0. The third-order valence-electron chi connectivity index (χ3n) is 9.16. The molecule has 0 aliphatic heterocycles. The van der Waals surface area contributed by atoms with Gasteiger partial charge in [0.1, 0.15) is 53.0 Å². The molecule has 0 saturated carbocycles. The van der Waals surface area contributed by atoms with Crippen molar-refractivity contribution in [3.05, 3.63) is 0 Å². The van der Waals surface area contributed by atoms with Crippen LogP contribution in [-0.2, 0) is 57.2 Å². The number of hydrogen-bond acceptors (Lipinski definition) is 18. The highest BCUT2D eigenvalue weighted by Gasteiger charge is 2.20. The highest BCUT2D eigenvalue weighted by Crippen LogP contribution is 2.37. The summed E-state index contributed by atoms with van der Waals surface area (Å²) in [4.78, 5) is 68.9. The lowest BCUT2D eigenvalue weighted by atomic mass is 10.1. The molecule has 2 unspecified atom stereocenters. The van der Waals surface area contributed by atoms with Gasteiger partial charge in [-0.3, -0.25) is 28.8 Å². The van der Waals surface area contributed by atoms with Crippen molar-refractivity contribution >= 4 is 99.8 Å². The highest BCUT2D eigenvalue weighted by molar-refractivity contribution is 8.77. The lowest BCUT2D eigenvalue weighted by Crippen LogP contribution is -2.29. The first-order valence-corrected chi connectivity index (χ1v) is 34.1. The van der Waals surface area contributed by atoms with E-state index >= 15 is 0 Å². The van der Waals surface area contributed by atoms with Gasteiger partial charge in [0.15, 0.2) is 0 Å². The van der Waals surface area contributed by atoms with Crippen LogP contribution in [0, 0.1) is 76.9 Å². The average molecular weight is 1210 g/mol. The monoisotopic (exact) mass is 1210 g/mol. The van der Waals surface area contributed by atoms with Gasteiger partial charge in [-0.05, 0) is 26.7 Å². The normalized spacial score (nSPS) is 11.8. The SMILES string of the molecule is CC(C)C#CCNC(=O)COCCOC(C)(C)SSCCC(=O)C(C)C.CC(C)C#CCNC(=O)COCCOC(C)SSCCC(=O)C(C)C.CC(C)C#CCNC(=O)COCCOC(SSCCC(=O)C(C)C)C(C)C. The van der Waals surface area contributed by atoms with E-state index in [-0.39, 0.29) is 71.1 Å². The van der Waals surface area contributed by atoms with Crippen LogP contribution in [0.1, 0.15) is 137 Å². The fourth-order valence-corrected chi connectivity index (χ4v) is 11.7. The summed E-state index contributed by atoms with van der Waals surface area (Å²) in [6, 6.07) is 0. The van der Waals surface area contributed by atoms with Crippen molar-refractivity contribution in [3.63, 3.8) is 0 Å². The fourth-order valence-electron chi connectivity index (χ4n) is 4.80. The molecule has 15 nitrogen and oxygen atoms in total. The molecule has 78 heavy (non-hydrogen) atoms. The number of nitrogens with one attached hydrogen (secondary N) is 3. The molecular formula is C57H99N3O12S6. The molecule has 0 heterocycles. The Kier molecular flexibility index (Phi) is 54.5. The number of carbonyl (C=O) groups excluding carboxylic acids is 6. The first kappa shape index (κ1) is 80.2. The van der Waals surface area contributed by atoms with Gasteiger partial charge in [0.2, 0.25) is 17.7 Å². The summed E-state index contributed by atoms with van der Waals surface area (Å²) in [7, 11) is 9.82. The van der Waals surface area contributed by atoms with Crippen LogP contribution in [0.2, 0.25) is 0 Å². The molecule has 0 rings (SSSR count). The van der Waals surface area contributed by atoms with E-state index in [9.17, 15) is 28.8 Å². The van der Waals surface area contributed by atoms with E-state index in [0.717, 1.165) is 17.3 Å². The van der Waals surface area contributed by atoms with E-state index < -0.39 is 0 Å². The van der Waals surface area contributed by atoms with Crippen LogP contribution in [-0.4, -0.2) is 147 Å². The van der Waals surface area contributed by atoms with Gasteiger partial charge in [0.05, 0.1) is 59.3 Å². The second-order valence-corrected chi connectivity index (χ2v) is 28.3.